The summed E-state index contributed by atoms with van der Waals surface area (Å²) in [6.07, 6.45) is 6.18. The Morgan fingerprint density at radius 3 is 2.72 bits per heavy atom. The van der Waals surface area contributed by atoms with Gasteiger partial charge in [-0.3, -0.25) is 4.79 Å². The Labute approximate surface area is 109 Å². The summed E-state index contributed by atoms with van der Waals surface area (Å²) in [5.74, 6) is 3.06. The van der Waals surface area contributed by atoms with Crippen molar-refractivity contribution in [3.63, 3.8) is 0 Å². The lowest BCUT2D eigenvalue weighted by Gasteiger charge is -2.20. The van der Waals surface area contributed by atoms with E-state index in [1.165, 1.54) is 0 Å². The third kappa shape index (κ3) is 3.53. The number of terminal acetylenes is 1. The molecule has 1 aromatic carbocycles. The van der Waals surface area contributed by atoms with Gasteiger partial charge >= 0.3 is 0 Å². The van der Waals surface area contributed by atoms with Crippen LogP contribution in [-0.4, -0.2) is 30.5 Å². The fourth-order valence-corrected chi connectivity index (χ4v) is 1.73. The van der Waals surface area contributed by atoms with Gasteiger partial charge in [-0.05, 0) is 25.5 Å². The van der Waals surface area contributed by atoms with Gasteiger partial charge in [-0.15, -0.1) is 6.42 Å². The fourth-order valence-electron chi connectivity index (χ4n) is 1.73. The van der Waals surface area contributed by atoms with Gasteiger partial charge in [0.25, 0.3) is 5.91 Å². The molecule has 0 atom stereocenters. The van der Waals surface area contributed by atoms with E-state index in [1.54, 1.807) is 17.0 Å². The molecule has 0 saturated heterocycles. The Morgan fingerprint density at radius 1 is 1.39 bits per heavy atom. The number of rotatable bonds is 6. The number of benzene rings is 1. The largest absolute Gasteiger partial charge is 0.493 e. The van der Waals surface area contributed by atoms with Crippen LogP contribution in [0.2, 0.25) is 0 Å². The first-order valence-electron chi connectivity index (χ1n) is 6.19. The van der Waals surface area contributed by atoms with Crippen LogP contribution in [0.1, 0.15) is 30.6 Å². The molecule has 0 fully saturated rings. The van der Waals surface area contributed by atoms with Crippen LogP contribution >= 0.6 is 0 Å². The summed E-state index contributed by atoms with van der Waals surface area (Å²) in [5.41, 5.74) is 0.572. The monoisotopic (exact) mass is 245 g/mol. The number of nitrogens with zero attached hydrogens (tertiary/aromatic N) is 1. The average molecular weight is 245 g/mol. The van der Waals surface area contributed by atoms with Gasteiger partial charge in [0, 0.05) is 6.54 Å². The molecule has 3 nitrogen and oxygen atoms in total. The number of carbonyl (C=O) groups is 1. The Kier molecular flexibility index (Phi) is 5.79. The highest BCUT2D eigenvalue weighted by molar-refractivity contribution is 5.97. The highest BCUT2D eigenvalue weighted by Gasteiger charge is 2.17. The quantitative estimate of drug-likeness (QED) is 0.721. The Bertz CT molecular complexity index is 434. The molecule has 0 spiro atoms. The van der Waals surface area contributed by atoms with Crippen LogP contribution < -0.4 is 4.74 Å². The lowest BCUT2D eigenvalue weighted by molar-refractivity contribution is 0.0772. The van der Waals surface area contributed by atoms with E-state index in [2.05, 4.69) is 5.92 Å². The van der Waals surface area contributed by atoms with Crippen molar-refractivity contribution < 1.29 is 9.53 Å². The minimum Gasteiger partial charge on any atom is -0.493 e. The standard InChI is InChI=1S/C15H19NO2/c1-4-11-16(12-5-2)15(17)13-9-7-8-10-14(13)18-6-3/h1,7-10H,5-6,11-12H2,2-3H3. The molecule has 0 aliphatic heterocycles. The van der Waals surface area contributed by atoms with Crippen molar-refractivity contribution in [2.75, 3.05) is 19.7 Å². The first-order chi connectivity index (χ1) is 8.74. The molecule has 18 heavy (non-hydrogen) atoms. The van der Waals surface area contributed by atoms with E-state index in [4.69, 9.17) is 11.2 Å². The molecule has 0 N–H and O–H groups in total. The topological polar surface area (TPSA) is 29.5 Å². The summed E-state index contributed by atoms with van der Waals surface area (Å²) < 4.78 is 5.47. The van der Waals surface area contributed by atoms with Gasteiger partial charge in [-0.1, -0.05) is 25.0 Å². The SMILES string of the molecule is C#CCN(CCC)C(=O)c1ccccc1OCC. The molecule has 96 valence electrons. The zero-order valence-corrected chi connectivity index (χ0v) is 11.0. The lowest BCUT2D eigenvalue weighted by atomic mass is 10.1. The van der Waals surface area contributed by atoms with Crippen molar-refractivity contribution in [3.8, 4) is 18.1 Å². The first-order valence-corrected chi connectivity index (χ1v) is 6.19. The molecule has 0 bridgehead atoms. The molecule has 0 unspecified atom stereocenters. The van der Waals surface area contributed by atoms with Crippen molar-refractivity contribution in [1.82, 2.24) is 4.90 Å². The molecule has 3 heteroatoms. The molecule has 0 heterocycles. The minimum absolute atomic E-state index is 0.0705. The fraction of sp³-hybridized carbons (Fsp3) is 0.400. The zero-order valence-electron chi connectivity index (χ0n) is 11.0. The van der Waals surface area contributed by atoms with Crippen LogP contribution in [0.3, 0.4) is 0 Å². The Hall–Kier alpha value is -1.95. The van der Waals surface area contributed by atoms with Gasteiger partial charge in [0.05, 0.1) is 18.7 Å². The molecule has 0 saturated carbocycles. The van der Waals surface area contributed by atoms with Crippen molar-refractivity contribution in [2.45, 2.75) is 20.3 Å². The van der Waals surface area contributed by atoms with Crippen molar-refractivity contribution in [1.29, 1.82) is 0 Å². The minimum atomic E-state index is -0.0705. The molecule has 1 rings (SSSR count). The van der Waals surface area contributed by atoms with Crippen molar-refractivity contribution in [3.05, 3.63) is 29.8 Å². The van der Waals surface area contributed by atoms with Crippen LogP contribution in [0.25, 0.3) is 0 Å². The molecule has 1 aromatic rings. The lowest BCUT2D eigenvalue weighted by Crippen LogP contribution is -2.32. The second-order valence-corrected chi connectivity index (χ2v) is 3.86. The van der Waals surface area contributed by atoms with Crippen LogP contribution in [0.15, 0.2) is 24.3 Å². The number of hydrogen-bond acceptors (Lipinski definition) is 2. The first kappa shape index (κ1) is 14.1. The van der Waals surface area contributed by atoms with E-state index >= 15 is 0 Å². The van der Waals surface area contributed by atoms with Gasteiger partial charge in [0.15, 0.2) is 0 Å². The summed E-state index contributed by atoms with van der Waals surface area (Å²) >= 11 is 0. The summed E-state index contributed by atoms with van der Waals surface area (Å²) in [6, 6.07) is 7.26. The molecule has 0 radical (unpaired) electrons. The normalized spacial score (nSPS) is 9.61. The number of para-hydroxylation sites is 1. The predicted octanol–water partition coefficient (Wildman–Crippen LogP) is 2.57. The van der Waals surface area contributed by atoms with E-state index in [-0.39, 0.29) is 5.91 Å². The maximum absolute atomic E-state index is 12.4. The molecule has 0 aliphatic rings. The average Bonchev–Trinajstić information content (AvgIpc) is 2.39. The Morgan fingerprint density at radius 2 is 2.11 bits per heavy atom. The van der Waals surface area contributed by atoms with Crippen LogP contribution in [-0.2, 0) is 0 Å². The maximum Gasteiger partial charge on any atom is 0.258 e. The van der Waals surface area contributed by atoms with Crippen molar-refractivity contribution >= 4 is 5.91 Å². The number of ether oxygens (including phenoxy) is 1. The smallest absolute Gasteiger partial charge is 0.258 e. The number of carbonyl (C=O) groups excluding carboxylic acids is 1. The van der Waals surface area contributed by atoms with Crippen molar-refractivity contribution in [2.24, 2.45) is 0 Å². The highest BCUT2D eigenvalue weighted by atomic mass is 16.5. The predicted molar refractivity (Wildman–Crippen MR) is 72.6 cm³/mol. The van der Waals surface area contributed by atoms with E-state index < -0.39 is 0 Å². The third-order valence-electron chi connectivity index (χ3n) is 2.48. The van der Waals surface area contributed by atoms with E-state index in [1.807, 2.05) is 26.0 Å². The number of hydrogen-bond donors (Lipinski definition) is 0. The van der Waals surface area contributed by atoms with E-state index in [0.717, 1.165) is 6.42 Å². The van der Waals surface area contributed by atoms with Crippen LogP contribution in [0.4, 0.5) is 0 Å². The number of amides is 1. The summed E-state index contributed by atoms with van der Waals surface area (Å²) in [5, 5.41) is 0. The second-order valence-electron chi connectivity index (χ2n) is 3.86. The van der Waals surface area contributed by atoms with Gasteiger partial charge in [0.2, 0.25) is 0 Å². The summed E-state index contributed by atoms with van der Waals surface area (Å²) in [6.45, 7) is 5.43. The zero-order chi connectivity index (χ0) is 13.4. The molecular formula is C15H19NO2. The maximum atomic E-state index is 12.4. The molecule has 0 aliphatic carbocycles. The highest BCUT2D eigenvalue weighted by Crippen LogP contribution is 2.19. The molecular weight excluding hydrogens is 226 g/mol. The molecule has 0 aromatic heterocycles. The van der Waals surface area contributed by atoms with Crippen LogP contribution in [0, 0.1) is 12.3 Å². The van der Waals surface area contributed by atoms with E-state index in [9.17, 15) is 4.79 Å². The molecule has 1 amide bonds. The summed E-state index contributed by atoms with van der Waals surface area (Å²) in [7, 11) is 0. The van der Waals surface area contributed by atoms with Gasteiger partial charge in [-0.2, -0.15) is 0 Å². The van der Waals surface area contributed by atoms with Gasteiger partial charge in [0.1, 0.15) is 5.75 Å². The third-order valence-corrected chi connectivity index (χ3v) is 2.48. The van der Waals surface area contributed by atoms with Gasteiger partial charge < -0.3 is 9.64 Å². The van der Waals surface area contributed by atoms with Crippen LogP contribution in [0.5, 0.6) is 5.75 Å². The second kappa shape index (κ2) is 7.39. The summed E-state index contributed by atoms with van der Waals surface area (Å²) in [4.78, 5) is 14.0. The van der Waals surface area contributed by atoms with Gasteiger partial charge in [-0.25, -0.2) is 0 Å². The van der Waals surface area contributed by atoms with E-state index in [0.29, 0.717) is 31.0 Å². The Balaban J connectivity index is 2.97.